The van der Waals surface area contributed by atoms with Crippen LogP contribution in [0.25, 0.3) is 33.6 Å². The van der Waals surface area contributed by atoms with Crippen molar-refractivity contribution in [2.24, 2.45) is 18.9 Å². The average molecular weight is 518 g/mol. The molecule has 1 aliphatic carbocycles. The summed E-state index contributed by atoms with van der Waals surface area (Å²) in [5, 5.41) is 0.986. The topological polar surface area (TPSA) is 74.4 Å². The number of imidazole rings is 1. The van der Waals surface area contributed by atoms with Crippen LogP contribution >= 0.6 is 0 Å². The number of hydrogen-bond donors (Lipinski definition) is 0. The molecule has 3 fully saturated rings. The maximum atomic E-state index is 15.6. The lowest BCUT2D eigenvalue weighted by molar-refractivity contribution is -0.0606. The summed E-state index contributed by atoms with van der Waals surface area (Å²) in [6.45, 7) is 2.93. The zero-order valence-corrected chi connectivity index (χ0v) is 21.8. The van der Waals surface area contributed by atoms with Crippen LogP contribution < -0.4 is 4.74 Å². The fourth-order valence-corrected chi connectivity index (χ4v) is 6.26. The van der Waals surface area contributed by atoms with Gasteiger partial charge in [0.2, 0.25) is 5.88 Å². The number of rotatable bonds is 5. The van der Waals surface area contributed by atoms with Gasteiger partial charge in [-0.25, -0.2) is 9.37 Å². The summed E-state index contributed by atoms with van der Waals surface area (Å²) in [5.41, 5.74) is 2.95. The molecule has 0 bridgehead atoms. The number of aryl methyl sites for hydroxylation is 1. The van der Waals surface area contributed by atoms with Crippen LogP contribution in [-0.2, 0) is 18.3 Å². The lowest BCUT2D eigenvalue weighted by atomic mass is 9.88. The number of ether oxygens (including phenoxy) is 2. The van der Waals surface area contributed by atoms with E-state index < -0.39 is 5.82 Å². The number of halogens is 1. The van der Waals surface area contributed by atoms with Crippen LogP contribution in [0, 0.1) is 17.7 Å². The van der Waals surface area contributed by atoms with Gasteiger partial charge in [-0.3, -0.25) is 4.79 Å². The van der Waals surface area contributed by atoms with E-state index in [0.29, 0.717) is 53.2 Å². The Morgan fingerprint density at radius 3 is 2.84 bits per heavy atom. The minimum absolute atomic E-state index is 0.138. The Morgan fingerprint density at radius 2 is 2.03 bits per heavy atom. The van der Waals surface area contributed by atoms with Gasteiger partial charge in [0.15, 0.2) is 5.82 Å². The maximum Gasteiger partial charge on any atom is 0.254 e. The van der Waals surface area contributed by atoms with Crippen molar-refractivity contribution in [3.05, 3.63) is 41.7 Å². The standard InChI is InChI=1S/C29H32FN5O3/c1-33-26-21(30)12-20(29(36)34-10-9-24-19(16-34)4-3-11-38-24)13-22(26)31-28(33)23-14-18-7-8-25(37-2)32-27(18)35(23)15-17-5-6-17/h7-8,12-14,17,19,24H,3-6,9-11,15-16H2,1-2H3/t19-,24+/m1/s1. The van der Waals surface area contributed by atoms with Crippen LogP contribution in [0.2, 0.25) is 0 Å². The van der Waals surface area contributed by atoms with E-state index in [0.717, 1.165) is 49.1 Å². The zero-order valence-electron chi connectivity index (χ0n) is 21.8. The first kappa shape index (κ1) is 23.6. The van der Waals surface area contributed by atoms with Gasteiger partial charge in [0.25, 0.3) is 5.91 Å². The van der Waals surface area contributed by atoms with Crippen LogP contribution in [0.4, 0.5) is 4.39 Å². The third-order valence-electron chi connectivity index (χ3n) is 8.47. The Bertz CT molecular complexity index is 1560. The summed E-state index contributed by atoms with van der Waals surface area (Å²) in [6.07, 6.45) is 5.55. The van der Waals surface area contributed by atoms with Gasteiger partial charge in [-0.15, -0.1) is 0 Å². The molecule has 8 nitrogen and oxygen atoms in total. The highest BCUT2D eigenvalue weighted by atomic mass is 19.1. The number of pyridine rings is 1. The van der Waals surface area contributed by atoms with Gasteiger partial charge < -0.3 is 23.5 Å². The van der Waals surface area contributed by atoms with E-state index in [1.165, 1.54) is 18.9 Å². The molecule has 2 aliphatic heterocycles. The second kappa shape index (κ2) is 9.08. The Kier molecular flexibility index (Phi) is 5.65. The number of benzene rings is 1. The Labute approximate surface area is 220 Å². The minimum Gasteiger partial charge on any atom is -0.481 e. The molecule has 5 heterocycles. The predicted molar refractivity (Wildman–Crippen MR) is 142 cm³/mol. The van der Waals surface area contributed by atoms with E-state index in [2.05, 4.69) is 10.6 Å². The molecule has 2 saturated heterocycles. The smallest absolute Gasteiger partial charge is 0.254 e. The fraction of sp³-hybridized carbons (Fsp3) is 0.483. The molecule has 4 aromatic rings. The molecule has 3 aromatic heterocycles. The number of aromatic nitrogens is 4. The SMILES string of the molecule is COc1ccc2cc(-c3nc4cc(C(=O)N5CC[C@@H]6OCCC[C@@H]6C5)cc(F)c4n3C)n(CC3CC3)c2n1. The second-order valence-electron chi connectivity index (χ2n) is 11.0. The van der Waals surface area contributed by atoms with Gasteiger partial charge >= 0.3 is 0 Å². The number of amides is 1. The first-order valence-electron chi connectivity index (χ1n) is 13.6. The second-order valence-corrected chi connectivity index (χ2v) is 11.0. The highest BCUT2D eigenvalue weighted by Crippen LogP contribution is 2.37. The molecule has 7 rings (SSSR count). The van der Waals surface area contributed by atoms with Crippen LogP contribution in [0.15, 0.2) is 30.3 Å². The van der Waals surface area contributed by atoms with Crippen molar-refractivity contribution in [2.75, 3.05) is 26.8 Å². The van der Waals surface area contributed by atoms with E-state index in [-0.39, 0.29) is 12.0 Å². The van der Waals surface area contributed by atoms with Crippen molar-refractivity contribution in [3.63, 3.8) is 0 Å². The normalized spacial score (nSPS) is 21.7. The lowest BCUT2D eigenvalue weighted by Gasteiger charge is -2.41. The molecule has 3 aliphatic rings. The van der Waals surface area contributed by atoms with Crippen molar-refractivity contribution in [1.29, 1.82) is 0 Å². The molecule has 0 N–H and O–H groups in total. The number of piperidine rings is 1. The molecule has 2 atom stereocenters. The van der Waals surface area contributed by atoms with Crippen LogP contribution in [0.3, 0.4) is 0 Å². The Hall–Kier alpha value is -3.46. The Balaban J connectivity index is 1.27. The highest BCUT2D eigenvalue weighted by Gasteiger charge is 2.34. The average Bonchev–Trinajstić information content (AvgIpc) is 3.61. The number of carbonyl (C=O) groups is 1. The van der Waals surface area contributed by atoms with Gasteiger partial charge in [0.1, 0.15) is 17.0 Å². The molecular formula is C29H32FN5O3. The van der Waals surface area contributed by atoms with Crippen molar-refractivity contribution < 1.29 is 18.7 Å². The lowest BCUT2D eigenvalue weighted by Crippen LogP contribution is -2.48. The van der Waals surface area contributed by atoms with E-state index in [4.69, 9.17) is 19.4 Å². The van der Waals surface area contributed by atoms with Gasteiger partial charge in [0, 0.05) is 56.2 Å². The number of nitrogens with zero attached hydrogens (tertiary/aromatic N) is 5. The summed E-state index contributed by atoms with van der Waals surface area (Å²) in [4.78, 5) is 24.9. The van der Waals surface area contributed by atoms with Gasteiger partial charge in [-0.05, 0) is 62.3 Å². The van der Waals surface area contributed by atoms with E-state index in [9.17, 15) is 4.79 Å². The molecular weight excluding hydrogens is 485 g/mol. The highest BCUT2D eigenvalue weighted by molar-refractivity contribution is 5.98. The summed E-state index contributed by atoms with van der Waals surface area (Å²) in [7, 11) is 3.44. The number of methoxy groups -OCH3 is 1. The molecule has 0 unspecified atom stereocenters. The van der Waals surface area contributed by atoms with Crippen molar-refractivity contribution in [1.82, 2.24) is 24.0 Å². The molecule has 198 valence electrons. The molecule has 1 amide bonds. The third-order valence-corrected chi connectivity index (χ3v) is 8.47. The molecule has 0 spiro atoms. The van der Waals surface area contributed by atoms with Crippen molar-refractivity contribution in [3.8, 4) is 17.4 Å². The van der Waals surface area contributed by atoms with E-state index in [1.54, 1.807) is 17.7 Å². The molecule has 9 heteroatoms. The number of hydrogen-bond acceptors (Lipinski definition) is 5. The third kappa shape index (κ3) is 3.95. The maximum absolute atomic E-state index is 15.6. The van der Waals surface area contributed by atoms with Crippen LogP contribution in [0.5, 0.6) is 5.88 Å². The largest absolute Gasteiger partial charge is 0.481 e. The van der Waals surface area contributed by atoms with Crippen molar-refractivity contribution >= 4 is 28.0 Å². The molecule has 1 aromatic carbocycles. The monoisotopic (exact) mass is 517 g/mol. The van der Waals surface area contributed by atoms with E-state index >= 15 is 4.39 Å². The summed E-state index contributed by atoms with van der Waals surface area (Å²) < 4.78 is 30.8. The van der Waals surface area contributed by atoms with Crippen molar-refractivity contribution in [2.45, 2.75) is 44.8 Å². The molecule has 1 saturated carbocycles. The summed E-state index contributed by atoms with van der Waals surface area (Å²) >= 11 is 0. The molecule has 38 heavy (non-hydrogen) atoms. The zero-order chi connectivity index (χ0) is 26.0. The van der Waals surface area contributed by atoms with Crippen LogP contribution in [-0.4, -0.2) is 62.8 Å². The predicted octanol–water partition coefficient (Wildman–Crippen LogP) is 4.79. The van der Waals surface area contributed by atoms with Gasteiger partial charge in [-0.2, -0.15) is 4.98 Å². The quantitative estimate of drug-likeness (QED) is 0.381. The van der Waals surface area contributed by atoms with Gasteiger partial charge in [0.05, 0.1) is 24.4 Å². The number of carbonyl (C=O) groups excluding carboxylic acids is 1. The minimum atomic E-state index is -0.437. The van der Waals surface area contributed by atoms with E-state index in [1.807, 2.05) is 24.1 Å². The summed E-state index contributed by atoms with van der Waals surface area (Å²) in [5.74, 6) is 1.60. The van der Waals surface area contributed by atoms with Gasteiger partial charge in [-0.1, -0.05) is 0 Å². The summed E-state index contributed by atoms with van der Waals surface area (Å²) in [6, 6.07) is 9.01. The number of fused-ring (bicyclic) bond motifs is 3. The Morgan fingerprint density at radius 1 is 1.16 bits per heavy atom. The fourth-order valence-electron chi connectivity index (χ4n) is 6.26. The first-order chi connectivity index (χ1) is 18.5. The molecule has 0 radical (unpaired) electrons. The number of likely N-dealkylation sites (tertiary alicyclic amines) is 1. The first-order valence-corrected chi connectivity index (χ1v) is 13.6. The van der Waals surface area contributed by atoms with Crippen LogP contribution in [0.1, 0.15) is 42.5 Å².